The molecule has 1 atom stereocenters. The second kappa shape index (κ2) is 5.92. The summed E-state index contributed by atoms with van der Waals surface area (Å²) >= 11 is 0. The molecule has 1 aliphatic heterocycles. The van der Waals surface area contributed by atoms with Crippen LogP contribution < -0.4 is 4.74 Å². The number of rotatable bonds is 4. The minimum Gasteiger partial charge on any atom is -0.504 e. The second-order valence-electron chi connectivity index (χ2n) is 5.62. The maximum absolute atomic E-state index is 10.7. The predicted octanol–water partition coefficient (Wildman–Crippen LogP) is 3.02. The fourth-order valence-corrected chi connectivity index (χ4v) is 3.02. The molecule has 1 unspecified atom stereocenters. The maximum atomic E-state index is 10.7. The van der Waals surface area contributed by atoms with E-state index >= 15 is 0 Å². The summed E-state index contributed by atoms with van der Waals surface area (Å²) in [6, 6.07) is 6.71. The lowest BCUT2D eigenvalue weighted by Gasteiger charge is -2.34. The number of methoxy groups -OCH3 is 1. The van der Waals surface area contributed by atoms with Gasteiger partial charge in [-0.2, -0.15) is 0 Å². The fraction of sp³-hybridized carbons (Fsp3) is 0.375. The van der Waals surface area contributed by atoms with Crippen LogP contribution in [0.3, 0.4) is 0 Å². The van der Waals surface area contributed by atoms with Crippen molar-refractivity contribution in [2.45, 2.75) is 25.9 Å². The van der Waals surface area contributed by atoms with Crippen LogP contribution in [0.15, 0.2) is 28.7 Å². The van der Waals surface area contributed by atoms with Gasteiger partial charge in [0.2, 0.25) is 0 Å². The van der Waals surface area contributed by atoms with E-state index in [1.807, 2.05) is 6.07 Å². The van der Waals surface area contributed by atoms with Crippen molar-refractivity contribution in [1.29, 1.82) is 0 Å². The smallest absolute Gasteiger partial charge is 0.433 e. The maximum Gasteiger partial charge on any atom is 0.433 e. The van der Waals surface area contributed by atoms with E-state index in [9.17, 15) is 15.2 Å². The molecule has 1 N–H and O–H groups in total. The molecule has 0 aliphatic carbocycles. The van der Waals surface area contributed by atoms with Gasteiger partial charge in [0.1, 0.15) is 10.7 Å². The Morgan fingerprint density at radius 3 is 2.91 bits per heavy atom. The summed E-state index contributed by atoms with van der Waals surface area (Å²) < 4.78 is 10.4. The van der Waals surface area contributed by atoms with E-state index in [-0.39, 0.29) is 17.7 Å². The van der Waals surface area contributed by atoms with Crippen LogP contribution in [0.1, 0.15) is 29.9 Å². The Labute approximate surface area is 133 Å². The zero-order chi connectivity index (χ0) is 16.6. The average Bonchev–Trinajstić information content (AvgIpc) is 2.99. The van der Waals surface area contributed by atoms with Crippen LogP contribution in [-0.4, -0.2) is 28.6 Å². The molecule has 0 fully saturated rings. The van der Waals surface area contributed by atoms with E-state index in [4.69, 9.17) is 9.15 Å². The van der Waals surface area contributed by atoms with Crippen molar-refractivity contribution in [2.24, 2.45) is 0 Å². The summed E-state index contributed by atoms with van der Waals surface area (Å²) in [5.41, 5.74) is 2.18. The monoisotopic (exact) mass is 318 g/mol. The first kappa shape index (κ1) is 15.4. The summed E-state index contributed by atoms with van der Waals surface area (Å²) in [7, 11) is 1.52. The normalized spacial score (nSPS) is 17.7. The minimum atomic E-state index is -0.536. The number of furan rings is 1. The predicted molar refractivity (Wildman–Crippen MR) is 82.6 cm³/mol. The summed E-state index contributed by atoms with van der Waals surface area (Å²) in [6.07, 6.45) is 0.792. The second-order valence-corrected chi connectivity index (χ2v) is 5.62. The highest BCUT2D eigenvalue weighted by molar-refractivity contribution is 5.48. The lowest BCUT2D eigenvalue weighted by Crippen LogP contribution is -2.33. The van der Waals surface area contributed by atoms with Crippen molar-refractivity contribution >= 4 is 5.88 Å². The van der Waals surface area contributed by atoms with Gasteiger partial charge < -0.3 is 14.3 Å². The molecule has 1 aliphatic rings. The zero-order valence-electron chi connectivity index (χ0n) is 13.0. The van der Waals surface area contributed by atoms with E-state index in [1.165, 1.54) is 13.2 Å². The number of nitro groups is 1. The van der Waals surface area contributed by atoms with Crippen molar-refractivity contribution in [3.63, 3.8) is 0 Å². The molecule has 1 aromatic heterocycles. The lowest BCUT2D eigenvalue weighted by atomic mass is 9.93. The van der Waals surface area contributed by atoms with Gasteiger partial charge in [0, 0.05) is 12.6 Å². The van der Waals surface area contributed by atoms with Gasteiger partial charge in [-0.15, -0.1) is 0 Å². The van der Waals surface area contributed by atoms with Crippen molar-refractivity contribution in [1.82, 2.24) is 4.90 Å². The Hall–Kier alpha value is -2.54. The molecular weight excluding hydrogens is 300 g/mol. The largest absolute Gasteiger partial charge is 0.504 e. The number of hydrogen-bond acceptors (Lipinski definition) is 6. The van der Waals surface area contributed by atoms with E-state index < -0.39 is 4.92 Å². The number of phenolic OH excluding ortho intramolecular Hbond substituents is 1. The molecule has 7 nitrogen and oxygen atoms in total. The third kappa shape index (κ3) is 2.87. The van der Waals surface area contributed by atoms with Gasteiger partial charge in [-0.05, 0) is 42.7 Å². The van der Waals surface area contributed by atoms with Crippen LogP contribution in [-0.2, 0) is 13.0 Å². The molecule has 0 spiro atoms. The number of ether oxygens (including phenoxy) is 1. The SMILES string of the molecule is COc1cc2c(cc1O)CCN(Cc1ccc([N+](=O)[O-])o1)C2C. The third-order valence-corrected chi connectivity index (χ3v) is 4.29. The summed E-state index contributed by atoms with van der Waals surface area (Å²) in [5, 5.41) is 20.6. The van der Waals surface area contributed by atoms with Gasteiger partial charge >= 0.3 is 5.88 Å². The molecule has 23 heavy (non-hydrogen) atoms. The van der Waals surface area contributed by atoms with Gasteiger partial charge in [-0.3, -0.25) is 15.0 Å². The zero-order valence-corrected chi connectivity index (χ0v) is 13.0. The molecule has 0 saturated carbocycles. The first-order valence-corrected chi connectivity index (χ1v) is 7.36. The van der Waals surface area contributed by atoms with Crippen LogP contribution >= 0.6 is 0 Å². The van der Waals surface area contributed by atoms with Crippen molar-refractivity contribution in [2.75, 3.05) is 13.7 Å². The highest BCUT2D eigenvalue weighted by atomic mass is 16.6. The van der Waals surface area contributed by atoms with Crippen LogP contribution in [0.5, 0.6) is 11.5 Å². The number of phenols is 1. The Morgan fingerprint density at radius 1 is 1.48 bits per heavy atom. The molecule has 0 amide bonds. The standard InChI is InChI=1S/C16H18N2O5/c1-10-13-8-15(22-2)14(19)7-11(13)5-6-17(10)9-12-3-4-16(23-12)18(20)21/h3-4,7-8,10,19H,5-6,9H2,1-2H3. The molecule has 2 heterocycles. The van der Waals surface area contributed by atoms with Gasteiger partial charge in [0.25, 0.3) is 0 Å². The van der Waals surface area contributed by atoms with Crippen LogP contribution in [0, 0.1) is 10.1 Å². The number of benzene rings is 1. The first-order valence-electron chi connectivity index (χ1n) is 7.36. The molecule has 7 heteroatoms. The minimum absolute atomic E-state index is 0.0948. The summed E-state index contributed by atoms with van der Waals surface area (Å²) in [5.74, 6) is 0.925. The molecule has 2 aromatic rings. The first-order chi connectivity index (χ1) is 11.0. The lowest BCUT2D eigenvalue weighted by molar-refractivity contribution is -0.402. The van der Waals surface area contributed by atoms with Gasteiger partial charge in [-0.25, -0.2) is 0 Å². The van der Waals surface area contributed by atoms with E-state index in [1.54, 1.807) is 12.1 Å². The molecule has 0 radical (unpaired) electrons. The molecule has 0 saturated heterocycles. The van der Waals surface area contributed by atoms with E-state index in [0.717, 1.165) is 24.1 Å². The molecule has 0 bridgehead atoms. The van der Waals surface area contributed by atoms with Crippen LogP contribution in [0.25, 0.3) is 0 Å². The quantitative estimate of drug-likeness (QED) is 0.688. The third-order valence-electron chi connectivity index (χ3n) is 4.29. The number of aromatic hydroxyl groups is 1. The number of hydrogen-bond donors (Lipinski definition) is 1. The van der Waals surface area contributed by atoms with E-state index in [0.29, 0.717) is 18.1 Å². The van der Waals surface area contributed by atoms with Gasteiger partial charge in [-0.1, -0.05) is 0 Å². The van der Waals surface area contributed by atoms with Gasteiger partial charge in [0.05, 0.1) is 19.7 Å². The average molecular weight is 318 g/mol. The van der Waals surface area contributed by atoms with Crippen LogP contribution in [0.2, 0.25) is 0 Å². The summed E-state index contributed by atoms with van der Waals surface area (Å²) in [4.78, 5) is 12.3. The topological polar surface area (TPSA) is 89.0 Å². The highest BCUT2D eigenvalue weighted by Gasteiger charge is 2.26. The number of nitrogens with zero attached hydrogens (tertiary/aromatic N) is 2. The molecular formula is C16H18N2O5. The Bertz CT molecular complexity index is 740. The molecule has 1 aromatic carbocycles. The number of fused-ring (bicyclic) bond motifs is 1. The molecule has 122 valence electrons. The van der Waals surface area contributed by atoms with Gasteiger partial charge in [0.15, 0.2) is 11.5 Å². The van der Waals surface area contributed by atoms with Crippen molar-refractivity contribution < 1.29 is 19.2 Å². The molecule has 3 rings (SSSR count). The highest BCUT2D eigenvalue weighted by Crippen LogP contribution is 2.38. The van der Waals surface area contributed by atoms with Crippen molar-refractivity contribution in [3.05, 3.63) is 51.3 Å². The fourth-order valence-electron chi connectivity index (χ4n) is 3.02. The Kier molecular flexibility index (Phi) is 3.96. The van der Waals surface area contributed by atoms with E-state index in [2.05, 4.69) is 11.8 Å². The van der Waals surface area contributed by atoms with Crippen molar-refractivity contribution in [3.8, 4) is 11.5 Å². The summed E-state index contributed by atoms with van der Waals surface area (Å²) in [6.45, 7) is 3.35. The Balaban J connectivity index is 1.82. The van der Waals surface area contributed by atoms with Crippen LogP contribution in [0.4, 0.5) is 5.88 Å². The Morgan fingerprint density at radius 2 is 2.26 bits per heavy atom.